The molecular formula is C22H30N4O4S. The fourth-order valence-electron chi connectivity index (χ4n) is 4.60. The number of rotatable bonds is 8. The Bertz CT molecular complexity index is 884. The lowest BCUT2D eigenvalue weighted by atomic mass is 10.0. The quantitative estimate of drug-likeness (QED) is 0.566. The van der Waals surface area contributed by atoms with Crippen LogP contribution in [0.1, 0.15) is 35.7 Å². The third-order valence-corrected chi connectivity index (χ3v) is 7.20. The highest BCUT2D eigenvalue weighted by Crippen LogP contribution is 2.29. The molecule has 3 N–H and O–H groups in total. The van der Waals surface area contributed by atoms with Crippen LogP contribution in [0.15, 0.2) is 34.1 Å². The average molecular weight is 447 g/mol. The Labute approximate surface area is 186 Å². The number of furan rings is 1. The van der Waals surface area contributed by atoms with Crippen LogP contribution >= 0.6 is 11.3 Å². The molecule has 0 bridgehead atoms. The molecule has 2 fully saturated rings. The van der Waals surface area contributed by atoms with Crippen LogP contribution in [0.4, 0.5) is 0 Å². The van der Waals surface area contributed by atoms with Gasteiger partial charge in [0.25, 0.3) is 0 Å². The second-order valence-corrected chi connectivity index (χ2v) is 9.29. The van der Waals surface area contributed by atoms with E-state index in [-0.39, 0.29) is 36.5 Å². The van der Waals surface area contributed by atoms with Crippen LogP contribution in [0.3, 0.4) is 0 Å². The molecule has 2 aromatic heterocycles. The van der Waals surface area contributed by atoms with Crippen LogP contribution in [0.2, 0.25) is 0 Å². The first kappa shape index (κ1) is 22.0. The number of hydrogen-bond donors (Lipinski definition) is 3. The van der Waals surface area contributed by atoms with Gasteiger partial charge in [-0.05, 0) is 43.5 Å². The number of likely N-dealkylation sites (tertiary alicyclic amines) is 1. The lowest BCUT2D eigenvalue weighted by Gasteiger charge is -2.33. The van der Waals surface area contributed by atoms with E-state index in [4.69, 9.17) is 4.42 Å². The van der Waals surface area contributed by atoms with Crippen LogP contribution in [0.5, 0.6) is 0 Å². The summed E-state index contributed by atoms with van der Waals surface area (Å²) in [6.07, 6.45) is 2.03. The van der Waals surface area contributed by atoms with E-state index in [9.17, 15) is 14.7 Å². The maximum atomic E-state index is 12.9. The summed E-state index contributed by atoms with van der Waals surface area (Å²) in [4.78, 5) is 30.8. The fraction of sp³-hybridized carbons (Fsp3) is 0.545. The third kappa shape index (κ3) is 5.17. The Morgan fingerprint density at radius 3 is 2.94 bits per heavy atom. The van der Waals surface area contributed by atoms with E-state index in [1.807, 2.05) is 23.6 Å². The summed E-state index contributed by atoms with van der Waals surface area (Å²) in [7, 11) is 2.06. The van der Waals surface area contributed by atoms with E-state index in [0.29, 0.717) is 38.2 Å². The molecule has 2 aliphatic heterocycles. The monoisotopic (exact) mass is 446 g/mol. The Morgan fingerprint density at radius 1 is 1.35 bits per heavy atom. The highest BCUT2D eigenvalue weighted by Gasteiger charge is 2.45. The van der Waals surface area contributed by atoms with Gasteiger partial charge < -0.3 is 20.2 Å². The highest BCUT2D eigenvalue weighted by atomic mass is 32.1. The molecule has 0 spiro atoms. The Hall–Kier alpha value is -2.20. The minimum atomic E-state index is -0.245. The van der Waals surface area contributed by atoms with Crippen molar-refractivity contribution in [1.82, 2.24) is 20.4 Å². The molecular weight excluding hydrogens is 416 g/mol. The van der Waals surface area contributed by atoms with Crippen LogP contribution in [-0.4, -0.2) is 65.0 Å². The summed E-state index contributed by atoms with van der Waals surface area (Å²) in [5, 5.41) is 17.3. The van der Waals surface area contributed by atoms with Crippen LogP contribution in [-0.2, 0) is 29.3 Å². The van der Waals surface area contributed by atoms with Gasteiger partial charge in [0.2, 0.25) is 11.8 Å². The van der Waals surface area contributed by atoms with Crippen molar-refractivity contribution in [2.45, 2.75) is 57.1 Å². The van der Waals surface area contributed by atoms with Gasteiger partial charge in [-0.2, -0.15) is 0 Å². The van der Waals surface area contributed by atoms with Gasteiger partial charge in [0.1, 0.15) is 24.2 Å². The number of likely N-dealkylation sites (N-methyl/N-ethyl adjacent to an activating group) is 1. The summed E-state index contributed by atoms with van der Waals surface area (Å²) in [6.45, 7) is 2.33. The molecule has 0 aromatic carbocycles. The minimum absolute atomic E-state index is 0.0351. The molecule has 9 heteroatoms. The largest absolute Gasteiger partial charge is 0.462 e. The number of fused-ring (bicyclic) bond motifs is 1. The number of aliphatic hydroxyl groups is 1. The van der Waals surface area contributed by atoms with Gasteiger partial charge in [0.05, 0.1) is 13.1 Å². The summed E-state index contributed by atoms with van der Waals surface area (Å²) >= 11 is 1.63. The zero-order valence-corrected chi connectivity index (χ0v) is 18.6. The van der Waals surface area contributed by atoms with Crippen LogP contribution < -0.4 is 10.6 Å². The van der Waals surface area contributed by atoms with Crippen molar-refractivity contribution >= 4 is 23.2 Å². The van der Waals surface area contributed by atoms with E-state index in [0.717, 1.165) is 23.6 Å². The maximum Gasteiger partial charge on any atom is 0.239 e. The number of aliphatic hydroxyl groups excluding tert-OH is 1. The highest BCUT2D eigenvalue weighted by molar-refractivity contribution is 7.09. The van der Waals surface area contributed by atoms with Gasteiger partial charge in [-0.3, -0.25) is 19.4 Å². The normalized spacial score (nSPS) is 24.6. The summed E-state index contributed by atoms with van der Waals surface area (Å²) in [6, 6.07) is 7.60. The molecule has 0 aliphatic carbocycles. The minimum Gasteiger partial charge on any atom is -0.462 e. The second-order valence-electron chi connectivity index (χ2n) is 8.26. The SMILES string of the molecule is CN1[C@@H](CCC(=O)NCc2cccs2)CNC(=O)[C@@H]2[C@@H]1CCN2Cc1ccc(CO)o1. The molecule has 4 rings (SSSR count). The summed E-state index contributed by atoms with van der Waals surface area (Å²) < 4.78 is 5.62. The summed E-state index contributed by atoms with van der Waals surface area (Å²) in [5.74, 6) is 1.36. The molecule has 2 aliphatic rings. The van der Waals surface area contributed by atoms with Gasteiger partial charge in [-0.1, -0.05) is 6.07 Å². The van der Waals surface area contributed by atoms with E-state index < -0.39 is 0 Å². The van der Waals surface area contributed by atoms with Crippen molar-refractivity contribution < 1.29 is 19.1 Å². The lowest BCUT2D eigenvalue weighted by molar-refractivity contribution is -0.126. The first-order valence-electron chi connectivity index (χ1n) is 10.8. The first-order valence-corrected chi connectivity index (χ1v) is 11.6. The number of nitrogens with one attached hydrogen (secondary N) is 2. The van der Waals surface area contributed by atoms with E-state index >= 15 is 0 Å². The van der Waals surface area contributed by atoms with E-state index in [1.165, 1.54) is 0 Å². The zero-order valence-electron chi connectivity index (χ0n) is 17.8. The molecule has 31 heavy (non-hydrogen) atoms. The Kier molecular flexibility index (Phi) is 7.06. The van der Waals surface area contributed by atoms with E-state index in [2.05, 4.69) is 27.5 Å². The zero-order chi connectivity index (χ0) is 21.8. The van der Waals surface area contributed by atoms with Gasteiger partial charge in [-0.15, -0.1) is 11.3 Å². The topological polar surface area (TPSA) is 98.1 Å². The fourth-order valence-corrected chi connectivity index (χ4v) is 5.25. The standard InChI is InChI=1S/C22H30N4O4S/c1-25-15(4-7-20(28)23-12-18-3-2-10-31-18)11-24-22(29)21-19(25)8-9-26(21)13-16-5-6-17(14-27)30-16/h2-3,5-6,10,15,19,21,27H,4,7-9,11-14H2,1H3,(H,23,28)(H,24,29)/t15-,19-,21-/m0/s1. The predicted molar refractivity (Wildman–Crippen MR) is 117 cm³/mol. The Morgan fingerprint density at radius 2 is 2.19 bits per heavy atom. The number of carbonyl (C=O) groups is 2. The maximum absolute atomic E-state index is 12.9. The van der Waals surface area contributed by atoms with Gasteiger partial charge in [0.15, 0.2) is 0 Å². The molecule has 4 heterocycles. The van der Waals surface area contributed by atoms with Gasteiger partial charge in [0, 0.05) is 36.5 Å². The average Bonchev–Trinajstić information content (AvgIpc) is 3.51. The molecule has 0 radical (unpaired) electrons. The number of nitrogens with zero attached hydrogens (tertiary/aromatic N) is 2. The number of thiophene rings is 1. The lowest BCUT2D eigenvalue weighted by Crippen LogP contribution is -2.49. The van der Waals surface area contributed by atoms with Crippen molar-refractivity contribution in [3.8, 4) is 0 Å². The molecule has 2 aromatic rings. The number of carbonyl (C=O) groups excluding carboxylic acids is 2. The number of amides is 2. The van der Waals surface area contributed by atoms with Crippen LogP contribution in [0.25, 0.3) is 0 Å². The predicted octanol–water partition coefficient (Wildman–Crippen LogP) is 1.30. The molecule has 8 nitrogen and oxygen atoms in total. The van der Waals surface area contributed by atoms with Crippen molar-refractivity contribution in [3.63, 3.8) is 0 Å². The molecule has 2 amide bonds. The third-order valence-electron chi connectivity index (χ3n) is 6.33. The van der Waals surface area contributed by atoms with Gasteiger partial charge in [-0.25, -0.2) is 0 Å². The molecule has 2 saturated heterocycles. The molecule has 3 atom stereocenters. The summed E-state index contributed by atoms with van der Waals surface area (Å²) in [5.41, 5.74) is 0. The molecule has 0 saturated carbocycles. The van der Waals surface area contributed by atoms with E-state index in [1.54, 1.807) is 17.4 Å². The second kappa shape index (κ2) is 9.95. The van der Waals surface area contributed by atoms with Crippen molar-refractivity contribution in [1.29, 1.82) is 0 Å². The van der Waals surface area contributed by atoms with Crippen molar-refractivity contribution in [3.05, 3.63) is 46.0 Å². The number of hydrogen-bond acceptors (Lipinski definition) is 7. The van der Waals surface area contributed by atoms with Gasteiger partial charge >= 0.3 is 0 Å². The first-order chi connectivity index (χ1) is 15.0. The van der Waals surface area contributed by atoms with Crippen LogP contribution in [0, 0.1) is 0 Å². The molecule has 0 unspecified atom stereocenters. The smallest absolute Gasteiger partial charge is 0.239 e. The Balaban J connectivity index is 1.33. The molecule has 168 valence electrons. The van der Waals surface area contributed by atoms with Crippen molar-refractivity contribution in [2.75, 3.05) is 20.1 Å². The van der Waals surface area contributed by atoms with Crippen molar-refractivity contribution in [2.24, 2.45) is 0 Å².